The van der Waals surface area contributed by atoms with Crippen molar-refractivity contribution in [3.05, 3.63) is 29.8 Å². The Morgan fingerprint density at radius 2 is 2.00 bits per heavy atom. The van der Waals surface area contributed by atoms with Crippen LogP contribution in [0.4, 0.5) is 19.3 Å². The molecule has 3 N–H and O–H groups in total. The van der Waals surface area contributed by atoms with Crippen molar-refractivity contribution in [2.45, 2.75) is 12.5 Å². The lowest BCUT2D eigenvalue weighted by Gasteiger charge is -2.14. The first-order valence-electron chi connectivity index (χ1n) is 5.65. The molecule has 1 atom stereocenters. The van der Waals surface area contributed by atoms with Gasteiger partial charge in [0.15, 0.2) is 0 Å². The topological polar surface area (TPSA) is 105 Å². The molecular formula is C12H12F2N2O5. The molecule has 1 aromatic rings. The van der Waals surface area contributed by atoms with Crippen LogP contribution in [-0.4, -0.2) is 36.2 Å². The Morgan fingerprint density at radius 1 is 1.33 bits per heavy atom. The molecule has 0 unspecified atom stereocenters. The van der Waals surface area contributed by atoms with Gasteiger partial charge in [-0.05, 0) is 12.1 Å². The molecule has 0 aromatic heterocycles. The Hall–Kier alpha value is -2.71. The van der Waals surface area contributed by atoms with Gasteiger partial charge >= 0.3 is 18.0 Å². The zero-order valence-corrected chi connectivity index (χ0v) is 10.9. The van der Waals surface area contributed by atoms with E-state index < -0.39 is 47.8 Å². The summed E-state index contributed by atoms with van der Waals surface area (Å²) >= 11 is 0. The molecule has 0 aliphatic carbocycles. The molecule has 1 rings (SSSR count). The molecule has 114 valence electrons. The number of aliphatic carboxylic acids is 1. The van der Waals surface area contributed by atoms with Crippen molar-refractivity contribution in [1.29, 1.82) is 0 Å². The number of nitrogens with one attached hydrogen (secondary N) is 2. The van der Waals surface area contributed by atoms with E-state index in [2.05, 4.69) is 4.74 Å². The van der Waals surface area contributed by atoms with Crippen molar-refractivity contribution in [3.63, 3.8) is 0 Å². The second kappa shape index (κ2) is 7.17. The number of carbonyl (C=O) groups excluding carboxylic acids is 2. The summed E-state index contributed by atoms with van der Waals surface area (Å²) in [4.78, 5) is 33.4. The second-order valence-corrected chi connectivity index (χ2v) is 3.89. The SMILES string of the molecule is COC(=O)C[C@H](NC(=O)Nc1cc(F)ccc1F)C(=O)O. The fourth-order valence-corrected chi connectivity index (χ4v) is 1.36. The predicted molar refractivity (Wildman–Crippen MR) is 66.6 cm³/mol. The Kier molecular flexibility index (Phi) is 5.58. The summed E-state index contributed by atoms with van der Waals surface area (Å²) in [5.74, 6) is -4.00. The van der Waals surface area contributed by atoms with Crippen molar-refractivity contribution in [2.24, 2.45) is 0 Å². The number of rotatable bonds is 5. The molecule has 0 spiro atoms. The lowest BCUT2D eigenvalue weighted by Crippen LogP contribution is -2.44. The van der Waals surface area contributed by atoms with Gasteiger partial charge in [0, 0.05) is 6.07 Å². The third kappa shape index (κ3) is 5.05. The molecule has 1 aromatic carbocycles. The number of urea groups is 1. The Balaban J connectivity index is 2.72. The van der Waals surface area contributed by atoms with Crippen LogP contribution >= 0.6 is 0 Å². The number of carbonyl (C=O) groups is 3. The smallest absolute Gasteiger partial charge is 0.326 e. The van der Waals surface area contributed by atoms with E-state index >= 15 is 0 Å². The Bertz CT molecular complexity index is 565. The molecule has 9 heteroatoms. The van der Waals surface area contributed by atoms with Gasteiger partial charge in [-0.25, -0.2) is 18.4 Å². The zero-order valence-electron chi connectivity index (χ0n) is 10.9. The number of ether oxygens (including phenoxy) is 1. The number of hydrogen-bond acceptors (Lipinski definition) is 4. The van der Waals surface area contributed by atoms with Crippen LogP contribution in [0.5, 0.6) is 0 Å². The number of esters is 1. The van der Waals surface area contributed by atoms with Crippen molar-refractivity contribution in [3.8, 4) is 0 Å². The highest BCUT2D eigenvalue weighted by Gasteiger charge is 2.24. The van der Waals surface area contributed by atoms with Crippen LogP contribution in [0.3, 0.4) is 0 Å². The van der Waals surface area contributed by atoms with Crippen molar-refractivity contribution in [2.75, 3.05) is 12.4 Å². The van der Waals surface area contributed by atoms with E-state index in [-0.39, 0.29) is 0 Å². The van der Waals surface area contributed by atoms with Crippen LogP contribution in [0.1, 0.15) is 6.42 Å². The average Bonchev–Trinajstić information content (AvgIpc) is 2.41. The van der Waals surface area contributed by atoms with Crippen LogP contribution in [0.25, 0.3) is 0 Å². The monoisotopic (exact) mass is 302 g/mol. The maximum Gasteiger partial charge on any atom is 0.326 e. The number of methoxy groups -OCH3 is 1. The van der Waals surface area contributed by atoms with E-state index in [9.17, 15) is 23.2 Å². The molecule has 0 fully saturated rings. The average molecular weight is 302 g/mol. The van der Waals surface area contributed by atoms with Gasteiger partial charge in [-0.1, -0.05) is 0 Å². The highest BCUT2D eigenvalue weighted by molar-refractivity contribution is 5.93. The standard InChI is InChI=1S/C12H12F2N2O5/c1-21-10(17)5-9(11(18)19)16-12(20)15-8-4-6(13)2-3-7(8)14/h2-4,9H,5H2,1H3,(H,18,19)(H2,15,16,20)/t9-/m0/s1. The van der Waals surface area contributed by atoms with Crippen LogP contribution < -0.4 is 10.6 Å². The number of anilines is 1. The van der Waals surface area contributed by atoms with E-state index in [1.54, 1.807) is 0 Å². The second-order valence-electron chi connectivity index (χ2n) is 3.89. The summed E-state index contributed by atoms with van der Waals surface area (Å²) in [6.07, 6.45) is -0.606. The number of carboxylic acids is 1. The van der Waals surface area contributed by atoms with Crippen molar-refractivity contribution >= 4 is 23.7 Å². The molecule has 0 saturated heterocycles. The predicted octanol–water partition coefficient (Wildman–Crippen LogP) is 1.10. The minimum Gasteiger partial charge on any atom is -0.480 e. The lowest BCUT2D eigenvalue weighted by molar-refractivity contribution is -0.147. The number of carboxylic acid groups (broad SMARTS) is 1. The molecule has 0 radical (unpaired) electrons. The number of benzene rings is 1. The first-order valence-corrected chi connectivity index (χ1v) is 5.65. The van der Waals surface area contributed by atoms with Crippen molar-refractivity contribution < 1.29 is 33.0 Å². The maximum atomic E-state index is 13.3. The van der Waals surface area contributed by atoms with E-state index in [1.165, 1.54) is 0 Å². The highest BCUT2D eigenvalue weighted by atomic mass is 19.1. The maximum absolute atomic E-state index is 13.3. The van der Waals surface area contributed by atoms with Crippen LogP contribution in [0, 0.1) is 11.6 Å². The first-order chi connectivity index (χ1) is 9.83. The number of amides is 2. The van der Waals surface area contributed by atoms with Gasteiger partial charge in [-0.15, -0.1) is 0 Å². The quantitative estimate of drug-likeness (QED) is 0.706. The van der Waals surface area contributed by atoms with E-state index in [1.807, 2.05) is 10.6 Å². The minimum atomic E-state index is -1.56. The summed E-state index contributed by atoms with van der Waals surface area (Å²) in [6.45, 7) is 0. The molecule has 7 nitrogen and oxygen atoms in total. The van der Waals surface area contributed by atoms with Gasteiger partial charge in [0.25, 0.3) is 0 Å². The molecule has 0 saturated carbocycles. The molecule has 0 aliphatic heterocycles. The van der Waals surface area contributed by atoms with Gasteiger partial charge in [0.1, 0.15) is 17.7 Å². The van der Waals surface area contributed by atoms with E-state index in [0.29, 0.717) is 0 Å². The summed E-state index contributed by atoms with van der Waals surface area (Å²) in [5.41, 5.74) is -0.463. The molecular weight excluding hydrogens is 290 g/mol. The molecule has 2 amide bonds. The largest absolute Gasteiger partial charge is 0.480 e. The molecule has 0 heterocycles. The third-order valence-corrected chi connectivity index (χ3v) is 2.38. The van der Waals surface area contributed by atoms with Crippen LogP contribution in [-0.2, 0) is 14.3 Å². The minimum absolute atomic E-state index is 0.463. The van der Waals surface area contributed by atoms with Crippen LogP contribution in [0.15, 0.2) is 18.2 Å². The normalized spacial score (nSPS) is 11.4. The van der Waals surface area contributed by atoms with Gasteiger partial charge < -0.3 is 20.5 Å². The Labute approximate surface area is 117 Å². The number of hydrogen-bond donors (Lipinski definition) is 3. The van der Waals surface area contributed by atoms with Crippen LogP contribution in [0.2, 0.25) is 0 Å². The third-order valence-electron chi connectivity index (χ3n) is 2.38. The van der Waals surface area contributed by atoms with Gasteiger partial charge in [-0.2, -0.15) is 0 Å². The Morgan fingerprint density at radius 3 is 2.57 bits per heavy atom. The van der Waals surface area contributed by atoms with Gasteiger partial charge in [-0.3, -0.25) is 4.79 Å². The molecule has 21 heavy (non-hydrogen) atoms. The lowest BCUT2D eigenvalue weighted by atomic mass is 10.2. The van der Waals surface area contributed by atoms with Gasteiger partial charge in [0.05, 0.1) is 19.2 Å². The van der Waals surface area contributed by atoms with Gasteiger partial charge in [0.2, 0.25) is 0 Å². The summed E-state index contributed by atoms with van der Waals surface area (Å²) in [5, 5.41) is 12.7. The highest BCUT2D eigenvalue weighted by Crippen LogP contribution is 2.15. The van der Waals surface area contributed by atoms with E-state index in [0.717, 1.165) is 25.3 Å². The summed E-state index contributed by atoms with van der Waals surface area (Å²) in [7, 11) is 1.06. The summed E-state index contributed by atoms with van der Waals surface area (Å²) in [6, 6.07) is -0.278. The fraction of sp³-hybridized carbons (Fsp3) is 0.250. The molecule has 0 bridgehead atoms. The van der Waals surface area contributed by atoms with E-state index in [4.69, 9.17) is 5.11 Å². The van der Waals surface area contributed by atoms with Crippen molar-refractivity contribution in [1.82, 2.24) is 5.32 Å². The fourth-order valence-electron chi connectivity index (χ4n) is 1.36. The summed E-state index contributed by atoms with van der Waals surface area (Å²) < 4.78 is 30.5. The first kappa shape index (κ1) is 16.3. The number of halogens is 2. The zero-order chi connectivity index (χ0) is 16.0. The molecule has 0 aliphatic rings.